The fraction of sp³-hybridized carbons (Fsp3) is 0.0556. The molecule has 0 bridgehead atoms. The van der Waals surface area contributed by atoms with E-state index in [1.165, 1.54) is 11.3 Å². The van der Waals surface area contributed by atoms with Gasteiger partial charge in [-0.15, -0.1) is 11.3 Å². The lowest BCUT2D eigenvalue weighted by Crippen LogP contribution is -2.21. The van der Waals surface area contributed by atoms with Crippen LogP contribution < -0.4 is 11.1 Å². The SMILES string of the molecule is Nc1ccccc1C(=O)OCC(=O)Nc1nc(-c2ccccc2)cs1. The number of amides is 1. The smallest absolute Gasteiger partial charge is 0.340 e. The molecule has 3 aromatic rings. The number of nitrogens with two attached hydrogens (primary N) is 1. The van der Waals surface area contributed by atoms with E-state index in [1.54, 1.807) is 24.3 Å². The van der Waals surface area contributed by atoms with E-state index in [9.17, 15) is 9.59 Å². The first-order valence-electron chi connectivity index (χ1n) is 7.46. The van der Waals surface area contributed by atoms with Gasteiger partial charge in [-0.3, -0.25) is 10.1 Å². The minimum atomic E-state index is -0.641. The molecular formula is C18H15N3O3S. The summed E-state index contributed by atoms with van der Waals surface area (Å²) in [5.41, 5.74) is 7.97. The van der Waals surface area contributed by atoms with Crippen LogP contribution in [-0.2, 0) is 9.53 Å². The molecule has 3 N–H and O–H groups in total. The first-order valence-corrected chi connectivity index (χ1v) is 8.34. The second-order valence-corrected chi connectivity index (χ2v) is 5.97. The molecule has 0 fully saturated rings. The summed E-state index contributed by atoms with van der Waals surface area (Å²) >= 11 is 1.30. The lowest BCUT2D eigenvalue weighted by molar-refractivity contribution is -0.119. The lowest BCUT2D eigenvalue weighted by atomic mass is 10.2. The van der Waals surface area contributed by atoms with Crippen molar-refractivity contribution in [1.29, 1.82) is 0 Å². The number of ether oxygens (including phenoxy) is 1. The number of carbonyl (C=O) groups is 2. The second-order valence-electron chi connectivity index (χ2n) is 5.12. The molecule has 6 nitrogen and oxygen atoms in total. The molecule has 0 aliphatic carbocycles. The Morgan fingerprint density at radius 3 is 2.56 bits per heavy atom. The van der Waals surface area contributed by atoms with Crippen molar-refractivity contribution >= 4 is 34.0 Å². The Labute approximate surface area is 148 Å². The number of rotatable bonds is 5. The predicted molar refractivity (Wildman–Crippen MR) is 97.3 cm³/mol. The molecule has 0 unspecified atom stereocenters. The Morgan fingerprint density at radius 2 is 1.80 bits per heavy atom. The number of benzene rings is 2. The van der Waals surface area contributed by atoms with Gasteiger partial charge in [0.05, 0.1) is 11.3 Å². The zero-order valence-corrected chi connectivity index (χ0v) is 14.0. The molecule has 0 atom stereocenters. The molecule has 1 amide bonds. The van der Waals surface area contributed by atoms with Gasteiger partial charge < -0.3 is 10.5 Å². The molecule has 0 radical (unpaired) electrons. The minimum Gasteiger partial charge on any atom is -0.452 e. The second kappa shape index (κ2) is 7.59. The van der Waals surface area contributed by atoms with E-state index >= 15 is 0 Å². The molecular weight excluding hydrogens is 338 g/mol. The van der Waals surface area contributed by atoms with Crippen molar-refractivity contribution in [3.05, 3.63) is 65.5 Å². The minimum absolute atomic E-state index is 0.232. The Bertz CT molecular complexity index is 893. The zero-order chi connectivity index (χ0) is 17.6. The van der Waals surface area contributed by atoms with Crippen LogP contribution in [0.15, 0.2) is 60.0 Å². The number of hydrogen-bond donors (Lipinski definition) is 2. The quantitative estimate of drug-likeness (QED) is 0.543. The molecule has 25 heavy (non-hydrogen) atoms. The average molecular weight is 353 g/mol. The number of hydrogen-bond acceptors (Lipinski definition) is 6. The number of para-hydroxylation sites is 1. The van der Waals surface area contributed by atoms with Crippen molar-refractivity contribution in [1.82, 2.24) is 4.98 Å². The summed E-state index contributed by atoms with van der Waals surface area (Å²) in [4.78, 5) is 28.2. The van der Waals surface area contributed by atoms with Crippen LogP contribution in [0.2, 0.25) is 0 Å². The van der Waals surface area contributed by atoms with Crippen LogP contribution in [0.3, 0.4) is 0 Å². The fourth-order valence-corrected chi connectivity index (χ4v) is 2.86. The molecule has 0 spiro atoms. The van der Waals surface area contributed by atoms with Crippen LogP contribution in [0.4, 0.5) is 10.8 Å². The molecule has 126 valence electrons. The van der Waals surface area contributed by atoms with Crippen molar-refractivity contribution in [3.8, 4) is 11.3 Å². The highest BCUT2D eigenvalue weighted by atomic mass is 32.1. The molecule has 0 aliphatic rings. The number of esters is 1. The predicted octanol–water partition coefficient (Wildman–Crippen LogP) is 3.19. The third kappa shape index (κ3) is 4.21. The van der Waals surface area contributed by atoms with Crippen LogP contribution >= 0.6 is 11.3 Å². The highest BCUT2D eigenvalue weighted by molar-refractivity contribution is 7.14. The molecule has 1 heterocycles. The van der Waals surface area contributed by atoms with Crippen molar-refractivity contribution in [2.45, 2.75) is 0 Å². The van der Waals surface area contributed by atoms with Gasteiger partial charge in [0.25, 0.3) is 5.91 Å². The van der Waals surface area contributed by atoms with E-state index in [2.05, 4.69) is 10.3 Å². The standard InChI is InChI=1S/C18H15N3O3S/c19-14-9-5-4-8-13(14)17(23)24-10-16(22)21-18-20-15(11-25-18)12-6-2-1-3-7-12/h1-9,11H,10,19H2,(H,20,21,22). The van der Waals surface area contributed by atoms with Gasteiger partial charge in [-0.25, -0.2) is 9.78 Å². The Kier molecular flexibility index (Phi) is 5.06. The van der Waals surface area contributed by atoms with Crippen LogP contribution in [0.25, 0.3) is 11.3 Å². The summed E-state index contributed by atoms with van der Waals surface area (Å²) in [5, 5.41) is 4.91. The average Bonchev–Trinajstić information content (AvgIpc) is 3.09. The molecule has 1 aromatic heterocycles. The van der Waals surface area contributed by atoms with Crippen LogP contribution in [0.5, 0.6) is 0 Å². The maximum absolute atomic E-state index is 11.9. The van der Waals surface area contributed by atoms with Crippen LogP contribution in [0, 0.1) is 0 Å². The van der Waals surface area contributed by atoms with Crippen LogP contribution in [-0.4, -0.2) is 23.5 Å². The largest absolute Gasteiger partial charge is 0.452 e. The number of nitrogen functional groups attached to an aromatic ring is 1. The molecule has 2 aromatic carbocycles. The van der Waals surface area contributed by atoms with Crippen molar-refractivity contribution in [3.63, 3.8) is 0 Å². The summed E-state index contributed by atoms with van der Waals surface area (Å²) < 4.78 is 4.98. The number of nitrogens with zero attached hydrogens (tertiary/aromatic N) is 1. The maximum atomic E-state index is 11.9. The van der Waals surface area contributed by atoms with Gasteiger partial charge in [0.1, 0.15) is 0 Å². The van der Waals surface area contributed by atoms with Crippen molar-refractivity contribution in [2.75, 3.05) is 17.7 Å². The molecule has 0 saturated heterocycles. The van der Waals surface area contributed by atoms with E-state index in [1.807, 2.05) is 35.7 Å². The number of thiazole rings is 1. The van der Waals surface area contributed by atoms with Gasteiger partial charge >= 0.3 is 5.97 Å². The van der Waals surface area contributed by atoms with E-state index in [0.29, 0.717) is 10.8 Å². The van der Waals surface area contributed by atoms with Gasteiger partial charge in [0.2, 0.25) is 0 Å². The topological polar surface area (TPSA) is 94.3 Å². The van der Waals surface area contributed by atoms with Crippen molar-refractivity contribution < 1.29 is 14.3 Å². The van der Waals surface area contributed by atoms with E-state index in [4.69, 9.17) is 10.5 Å². The molecule has 0 aliphatic heterocycles. The molecule has 7 heteroatoms. The van der Waals surface area contributed by atoms with Gasteiger partial charge in [-0.1, -0.05) is 42.5 Å². The number of carbonyl (C=O) groups excluding carboxylic acids is 2. The Balaban J connectivity index is 1.56. The van der Waals surface area contributed by atoms with Gasteiger partial charge in [0, 0.05) is 16.6 Å². The molecule has 3 rings (SSSR count). The Hall–Kier alpha value is -3.19. The highest BCUT2D eigenvalue weighted by Crippen LogP contribution is 2.24. The van der Waals surface area contributed by atoms with Gasteiger partial charge in [-0.2, -0.15) is 0 Å². The third-order valence-electron chi connectivity index (χ3n) is 3.34. The summed E-state index contributed by atoms with van der Waals surface area (Å²) in [5.74, 6) is -1.10. The van der Waals surface area contributed by atoms with Crippen molar-refractivity contribution in [2.24, 2.45) is 0 Å². The third-order valence-corrected chi connectivity index (χ3v) is 4.09. The summed E-state index contributed by atoms with van der Waals surface area (Å²) in [7, 11) is 0. The fourth-order valence-electron chi connectivity index (χ4n) is 2.12. The maximum Gasteiger partial charge on any atom is 0.340 e. The normalized spacial score (nSPS) is 10.2. The van der Waals surface area contributed by atoms with Gasteiger partial charge in [-0.05, 0) is 12.1 Å². The summed E-state index contributed by atoms with van der Waals surface area (Å²) in [6, 6.07) is 16.2. The zero-order valence-electron chi connectivity index (χ0n) is 13.1. The number of nitrogens with one attached hydrogen (secondary N) is 1. The Morgan fingerprint density at radius 1 is 1.08 bits per heavy atom. The summed E-state index contributed by atoms with van der Waals surface area (Å²) in [6.07, 6.45) is 0. The highest BCUT2D eigenvalue weighted by Gasteiger charge is 2.14. The van der Waals surface area contributed by atoms with Gasteiger partial charge in [0.15, 0.2) is 11.7 Å². The first kappa shape index (κ1) is 16.7. The lowest BCUT2D eigenvalue weighted by Gasteiger charge is -2.06. The molecule has 0 saturated carbocycles. The van der Waals surface area contributed by atoms with Crippen LogP contribution in [0.1, 0.15) is 10.4 Å². The number of anilines is 2. The van der Waals surface area contributed by atoms with E-state index in [-0.39, 0.29) is 5.56 Å². The van der Waals surface area contributed by atoms with E-state index < -0.39 is 18.5 Å². The van der Waals surface area contributed by atoms with E-state index in [0.717, 1.165) is 11.3 Å². The first-order chi connectivity index (χ1) is 12.1. The monoisotopic (exact) mass is 353 g/mol. The number of aromatic nitrogens is 1. The summed E-state index contributed by atoms with van der Waals surface area (Å²) in [6.45, 7) is -0.409.